The molecule has 1 rings (SSSR count). The molecule has 0 aliphatic heterocycles. The number of Topliss-reactive ketones (excluding diaryl/α,β-unsaturated/α-hetero) is 6. The zero-order chi connectivity index (χ0) is 44.5. The number of hydrogen-bond acceptors (Lipinski definition) is 6. The zero-order valence-electron chi connectivity index (χ0n) is 39.7. The van der Waals surface area contributed by atoms with Crippen LogP contribution in [0.15, 0.2) is 30.3 Å². The maximum atomic E-state index is 12.4. The van der Waals surface area contributed by atoms with Crippen molar-refractivity contribution < 1.29 is 31.6 Å². The molecule has 55 heavy (non-hydrogen) atoms. The van der Waals surface area contributed by atoms with Crippen LogP contribution >= 0.6 is 0 Å². The Morgan fingerprint density at radius 1 is 0.600 bits per heavy atom. The van der Waals surface area contributed by atoms with Gasteiger partial charge >= 0.3 is 0 Å². The molecule has 0 N–H and O–H groups in total. The highest BCUT2D eigenvalue weighted by Crippen LogP contribution is 2.25. The van der Waals surface area contributed by atoms with Crippen molar-refractivity contribution in [3.63, 3.8) is 0 Å². The van der Waals surface area contributed by atoms with E-state index >= 15 is 0 Å². The first-order chi connectivity index (χ1) is 25.2. The summed E-state index contributed by atoms with van der Waals surface area (Å²) in [4.78, 5) is 65.6. The molecule has 6 nitrogen and oxygen atoms in total. The highest BCUT2D eigenvalue weighted by molar-refractivity contribution is 5.87. The lowest BCUT2D eigenvalue weighted by molar-refractivity contribution is -0.128. The Morgan fingerprint density at radius 3 is 1.33 bits per heavy atom. The van der Waals surface area contributed by atoms with Gasteiger partial charge in [0.15, 0.2) is 0 Å². The number of carbonyl (C=O) groups excluding carboxylic acids is 6. The van der Waals surface area contributed by atoms with E-state index in [1.54, 1.807) is 34.6 Å². The Labute approximate surface area is 344 Å². The second-order valence-corrected chi connectivity index (χ2v) is 17.5. The summed E-state index contributed by atoms with van der Waals surface area (Å²) in [5.74, 6) is 3.95. The third-order valence-corrected chi connectivity index (χ3v) is 8.82. The summed E-state index contributed by atoms with van der Waals surface area (Å²) in [6.45, 7) is 39.2. The van der Waals surface area contributed by atoms with E-state index in [-0.39, 0.29) is 54.9 Å². The first-order valence-corrected chi connectivity index (χ1v) is 21.2. The molecule has 0 spiro atoms. The summed E-state index contributed by atoms with van der Waals surface area (Å²) in [7, 11) is 0. The van der Waals surface area contributed by atoms with Crippen LogP contribution < -0.4 is 0 Å². The van der Waals surface area contributed by atoms with Crippen LogP contribution in [0.5, 0.6) is 0 Å². The maximum Gasteiger partial charge on any atom is 0.133 e. The summed E-state index contributed by atoms with van der Waals surface area (Å²) >= 11 is 0. The van der Waals surface area contributed by atoms with Gasteiger partial charge in [-0.3, -0.25) is 14.4 Å². The van der Waals surface area contributed by atoms with Crippen LogP contribution in [0.1, 0.15) is 198 Å². The van der Waals surface area contributed by atoms with Crippen molar-refractivity contribution in [2.45, 2.75) is 196 Å². The van der Waals surface area contributed by atoms with Crippen LogP contribution in [0.25, 0.3) is 0 Å². The van der Waals surface area contributed by atoms with Gasteiger partial charge in [0.05, 0.1) is 0 Å². The first kappa shape index (κ1) is 61.5. The lowest BCUT2D eigenvalue weighted by Gasteiger charge is -2.22. The van der Waals surface area contributed by atoms with Gasteiger partial charge in [0, 0.05) is 46.8 Å². The molecule has 0 fully saturated rings. The summed E-state index contributed by atoms with van der Waals surface area (Å²) in [5, 5.41) is 0. The van der Waals surface area contributed by atoms with Crippen molar-refractivity contribution >= 4 is 34.7 Å². The Bertz CT molecular complexity index is 1150. The lowest BCUT2D eigenvalue weighted by atomic mass is 9.81. The molecule has 0 unspecified atom stereocenters. The van der Waals surface area contributed by atoms with Gasteiger partial charge in [0.1, 0.15) is 34.7 Å². The Kier molecular flexibility index (Phi) is 41.2. The average molecular weight is 779 g/mol. The maximum absolute atomic E-state index is 12.4. The van der Waals surface area contributed by atoms with E-state index in [1.165, 1.54) is 5.56 Å². The van der Waals surface area contributed by atoms with Gasteiger partial charge in [0.2, 0.25) is 0 Å². The summed E-state index contributed by atoms with van der Waals surface area (Å²) in [6.07, 6.45) is 7.08. The monoisotopic (exact) mass is 779 g/mol. The number of hydrogen-bond donors (Lipinski definition) is 0. The molecule has 6 heteroatoms. The fourth-order valence-electron chi connectivity index (χ4n) is 5.65. The predicted molar refractivity (Wildman–Crippen MR) is 242 cm³/mol. The van der Waals surface area contributed by atoms with Crippen LogP contribution in [0.2, 0.25) is 0 Å². The van der Waals surface area contributed by atoms with E-state index in [0.29, 0.717) is 48.7 Å². The van der Waals surface area contributed by atoms with Crippen molar-refractivity contribution in [3.05, 3.63) is 35.9 Å². The van der Waals surface area contributed by atoms with Crippen LogP contribution in [0.4, 0.5) is 0 Å². The zero-order valence-corrected chi connectivity index (χ0v) is 39.7. The molecule has 0 aliphatic carbocycles. The minimum atomic E-state index is -0.107. The van der Waals surface area contributed by atoms with E-state index in [1.807, 2.05) is 47.6 Å². The van der Waals surface area contributed by atoms with Crippen LogP contribution in [0, 0.1) is 46.8 Å². The minimum absolute atomic E-state index is 0. The van der Waals surface area contributed by atoms with Crippen LogP contribution in [-0.4, -0.2) is 34.7 Å². The largest absolute Gasteiger partial charge is 0.300 e. The Morgan fingerprint density at radius 2 is 1.09 bits per heavy atom. The summed E-state index contributed by atoms with van der Waals surface area (Å²) in [5.41, 5.74) is 1.49. The van der Waals surface area contributed by atoms with Crippen molar-refractivity contribution in [1.29, 1.82) is 0 Å². The highest BCUT2D eigenvalue weighted by atomic mass is 16.1. The van der Waals surface area contributed by atoms with E-state index in [4.69, 9.17) is 0 Å². The van der Waals surface area contributed by atoms with Crippen molar-refractivity contribution in [2.24, 2.45) is 46.8 Å². The number of rotatable bonds is 18. The molecule has 1 aromatic carbocycles. The van der Waals surface area contributed by atoms with Gasteiger partial charge in [0.25, 0.3) is 0 Å². The lowest BCUT2D eigenvalue weighted by Crippen LogP contribution is -2.24. The molecule has 0 aliphatic rings. The van der Waals surface area contributed by atoms with E-state index in [9.17, 15) is 28.8 Å². The van der Waals surface area contributed by atoms with Crippen LogP contribution in [-0.2, 0) is 35.2 Å². The second kappa shape index (κ2) is 36.9. The van der Waals surface area contributed by atoms with E-state index < -0.39 is 0 Å². The first-order valence-electron chi connectivity index (χ1n) is 21.2. The van der Waals surface area contributed by atoms with E-state index in [0.717, 1.165) is 38.5 Å². The van der Waals surface area contributed by atoms with Crippen LogP contribution in [0.3, 0.4) is 0 Å². The van der Waals surface area contributed by atoms with Gasteiger partial charge in [-0.1, -0.05) is 141 Å². The van der Waals surface area contributed by atoms with E-state index in [2.05, 4.69) is 86.6 Å². The fourth-order valence-corrected chi connectivity index (χ4v) is 5.65. The highest BCUT2D eigenvalue weighted by Gasteiger charge is 2.25. The molecule has 0 aromatic heterocycles. The molecule has 1 aromatic rings. The molecular formula is C49H94O6. The van der Waals surface area contributed by atoms with Crippen molar-refractivity contribution in [1.82, 2.24) is 0 Å². The standard InChI is InChI=1S/C21H32O2.C8H16O.C7H14O.C6H12O.C5H10O.C2H6.2H2/c1-6-15(2)21(18(5)22)14-20(23)13-17(4)16(3)12-19-10-8-7-9-11-19;1-6(2)5-7(3)8(4)9;1-6(8)5-7(2,3)4;1-5(2)4-6(3)7;1-3-4-5(2)6;1-2;;/h7-11,15-17,21H,6,12-14H2,1-5H3;6-7H,5H2,1-4H3;5H2,1-4H3;5H,4H2,1-3H3;3-4H2,1-2H3;1-2H3;2*1H/t15-,16-,17-,21-;7-;;;;;;/m00....../s1. The molecule has 0 amide bonds. The van der Waals surface area contributed by atoms with Gasteiger partial charge < -0.3 is 14.4 Å². The van der Waals surface area contributed by atoms with Gasteiger partial charge in [-0.15, -0.1) is 0 Å². The minimum Gasteiger partial charge on any atom is -0.300 e. The normalized spacial score (nSPS) is 13.1. The molecule has 0 saturated heterocycles. The predicted octanol–water partition coefficient (Wildman–Crippen LogP) is 13.9. The SMILES string of the molecule is CC.CC(=O)CC(C)(C)C.CC(=O)CC(C)C.CC(=O)[C@@H](C)CC(C)C.CCCC(C)=O.CC[C@H](C)[C@H](CC(=O)C[C@H](C)[C@@H](C)Cc1ccccc1)C(C)=O.[HH].[HH]. The Hall–Kier alpha value is -2.76. The summed E-state index contributed by atoms with van der Waals surface area (Å²) < 4.78 is 0. The number of ketones is 6. The quantitative estimate of drug-likeness (QED) is 0.147. The molecule has 326 valence electrons. The third-order valence-electron chi connectivity index (χ3n) is 8.82. The Balaban J connectivity index is -0.000000122. The van der Waals surface area contributed by atoms with Crippen molar-refractivity contribution in [2.75, 3.05) is 0 Å². The second-order valence-electron chi connectivity index (χ2n) is 17.5. The number of carbonyl (C=O) groups is 6. The van der Waals surface area contributed by atoms with Gasteiger partial charge in [-0.05, 0) is 94.4 Å². The third kappa shape index (κ3) is 47.3. The van der Waals surface area contributed by atoms with Gasteiger partial charge in [-0.25, -0.2) is 0 Å². The van der Waals surface area contributed by atoms with Crippen molar-refractivity contribution in [3.8, 4) is 0 Å². The molecule has 5 atom stereocenters. The fraction of sp³-hybridized carbons (Fsp3) is 0.755. The number of benzene rings is 1. The molecule has 0 heterocycles. The average Bonchev–Trinajstić information content (AvgIpc) is 3.03. The molecular weight excluding hydrogens is 685 g/mol. The smallest absolute Gasteiger partial charge is 0.133 e. The summed E-state index contributed by atoms with van der Waals surface area (Å²) in [6, 6.07) is 10.4. The molecule has 0 bridgehead atoms. The topological polar surface area (TPSA) is 102 Å². The molecule has 0 saturated carbocycles. The van der Waals surface area contributed by atoms with Gasteiger partial charge in [-0.2, -0.15) is 0 Å². The molecule has 0 radical (unpaired) electrons.